The number of rotatable bonds is 5. The van der Waals surface area contributed by atoms with Crippen LogP contribution in [0.4, 0.5) is 8.78 Å². The highest BCUT2D eigenvalue weighted by atomic mass is 19.1. The van der Waals surface area contributed by atoms with Crippen LogP contribution in [0.5, 0.6) is 0 Å². The lowest BCUT2D eigenvalue weighted by Gasteiger charge is -2.63. The first-order valence-electron chi connectivity index (χ1n) is 12.9. The van der Waals surface area contributed by atoms with Crippen LogP contribution in [0.15, 0.2) is 23.8 Å². The third-order valence-electron chi connectivity index (χ3n) is 9.75. The maximum Gasteiger partial charge on any atom is 0.307 e. The summed E-state index contributed by atoms with van der Waals surface area (Å²) in [4.78, 5) is 37.8. The summed E-state index contributed by atoms with van der Waals surface area (Å²) in [5.41, 5.74) is -1.16. The van der Waals surface area contributed by atoms with Crippen molar-refractivity contribution in [1.29, 1.82) is 0 Å². The first-order valence-corrected chi connectivity index (χ1v) is 12.9. The summed E-state index contributed by atoms with van der Waals surface area (Å²) >= 11 is 0. The molecule has 8 nitrogen and oxygen atoms in total. The molecule has 0 aromatic rings. The molecular formula is C27H35F2NO7. The summed E-state index contributed by atoms with van der Waals surface area (Å²) in [5.74, 6) is -4.32. The highest BCUT2D eigenvalue weighted by Crippen LogP contribution is 2.72. The van der Waals surface area contributed by atoms with Crippen LogP contribution in [-0.2, 0) is 28.6 Å². The Morgan fingerprint density at radius 3 is 2.59 bits per heavy atom. The molecular weight excluding hydrogens is 488 g/mol. The van der Waals surface area contributed by atoms with Crippen LogP contribution in [0.1, 0.15) is 53.4 Å². The minimum atomic E-state index is -2.28. The standard InChI is InChI=1S/C27H35F2NO7/c1-23(2)36-21-11-15-16-10-18(28)17-9-14(31)5-7-24(17,3)26(16,29)19(32)12-25(15,4)27(21,37-23)20(33)13-35-22(34)6-8-30/h5,7,9,15-16,18-19,21,32H,6,8,10-13,30H2,1-4H3/t15-,16-,18-,19-,21+,24-,25-,26-,27+/m0/s1. The molecule has 5 aliphatic rings. The largest absolute Gasteiger partial charge is 0.458 e. The topological polar surface area (TPSA) is 125 Å². The Bertz CT molecular complexity index is 1110. The molecule has 0 aromatic carbocycles. The molecule has 0 unspecified atom stereocenters. The Labute approximate surface area is 214 Å². The number of esters is 1. The molecule has 3 saturated carbocycles. The fourth-order valence-corrected chi connectivity index (χ4v) is 8.25. The Kier molecular flexibility index (Phi) is 5.92. The van der Waals surface area contributed by atoms with Gasteiger partial charge in [0.05, 0.1) is 18.6 Å². The van der Waals surface area contributed by atoms with Crippen LogP contribution in [0.3, 0.4) is 0 Å². The predicted octanol–water partition coefficient (Wildman–Crippen LogP) is 2.27. The van der Waals surface area contributed by atoms with Crippen molar-refractivity contribution < 1.29 is 42.5 Å². The number of alkyl halides is 2. The zero-order valence-electron chi connectivity index (χ0n) is 21.6. The van der Waals surface area contributed by atoms with Crippen molar-refractivity contribution in [1.82, 2.24) is 0 Å². The predicted molar refractivity (Wildman–Crippen MR) is 126 cm³/mol. The van der Waals surface area contributed by atoms with E-state index in [-0.39, 0.29) is 37.8 Å². The van der Waals surface area contributed by atoms with Crippen LogP contribution in [0, 0.1) is 22.7 Å². The number of nitrogens with two attached hydrogens (primary N) is 1. The molecule has 0 aromatic heterocycles. The zero-order chi connectivity index (χ0) is 27.2. The van der Waals surface area contributed by atoms with Crippen molar-refractivity contribution in [2.24, 2.45) is 28.4 Å². The number of Topliss-reactive ketones (excluding diaryl/α,β-unsaturated/α-hetero) is 1. The minimum absolute atomic E-state index is 0.0332. The van der Waals surface area contributed by atoms with E-state index in [9.17, 15) is 19.5 Å². The molecule has 5 rings (SSSR count). The maximum atomic E-state index is 17.4. The van der Waals surface area contributed by atoms with E-state index in [1.807, 2.05) is 0 Å². The Morgan fingerprint density at radius 2 is 1.92 bits per heavy atom. The maximum absolute atomic E-state index is 17.4. The van der Waals surface area contributed by atoms with Crippen molar-refractivity contribution in [3.05, 3.63) is 23.8 Å². The van der Waals surface area contributed by atoms with Crippen LogP contribution >= 0.6 is 0 Å². The number of aliphatic hydroxyl groups excluding tert-OH is 1. The smallest absolute Gasteiger partial charge is 0.307 e. The molecule has 10 heteroatoms. The minimum Gasteiger partial charge on any atom is -0.458 e. The molecule has 1 heterocycles. The number of halogens is 2. The summed E-state index contributed by atoms with van der Waals surface area (Å²) in [6.45, 7) is 6.09. The second kappa shape index (κ2) is 8.24. The number of carbonyl (C=O) groups excluding carboxylic acids is 3. The van der Waals surface area contributed by atoms with Crippen LogP contribution in [-0.4, -0.2) is 71.2 Å². The third-order valence-corrected chi connectivity index (χ3v) is 9.75. The highest BCUT2D eigenvalue weighted by molar-refractivity contribution is 6.01. The second-order valence-corrected chi connectivity index (χ2v) is 12.1. The number of ketones is 2. The summed E-state index contributed by atoms with van der Waals surface area (Å²) in [7, 11) is 0. The van der Waals surface area contributed by atoms with Crippen molar-refractivity contribution in [3.8, 4) is 0 Å². The van der Waals surface area contributed by atoms with Crippen LogP contribution in [0.25, 0.3) is 0 Å². The zero-order valence-corrected chi connectivity index (χ0v) is 21.6. The van der Waals surface area contributed by atoms with E-state index in [1.165, 1.54) is 19.1 Å². The molecule has 1 saturated heterocycles. The van der Waals surface area contributed by atoms with Gasteiger partial charge in [0.2, 0.25) is 5.78 Å². The van der Waals surface area contributed by atoms with Crippen molar-refractivity contribution in [2.45, 2.75) is 88.8 Å². The van der Waals surface area contributed by atoms with Gasteiger partial charge in [-0.05, 0) is 63.7 Å². The van der Waals surface area contributed by atoms with E-state index in [0.29, 0.717) is 0 Å². The van der Waals surface area contributed by atoms with Gasteiger partial charge in [-0.15, -0.1) is 0 Å². The van der Waals surface area contributed by atoms with Crippen molar-refractivity contribution in [2.75, 3.05) is 13.2 Å². The summed E-state index contributed by atoms with van der Waals surface area (Å²) < 4.78 is 50.7. The van der Waals surface area contributed by atoms with E-state index >= 15 is 8.78 Å². The Morgan fingerprint density at radius 1 is 1.22 bits per heavy atom. The number of carbonyl (C=O) groups is 3. The average molecular weight is 524 g/mol. The van der Waals surface area contributed by atoms with Gasteiger partial charge < -0.3 is 25.1 Å². The van der Waals surface area contributed by atoms with Gasteiger partial charge in [-0.25, -0.2) is 8.78 Å². The van der Waals surface area contributed by atoms with Crippen molar-refractivity contribution >= 4 is 17.5 Å². The van der Waals surface area contributed by atoms with Gasteiger partial charge in [0.1, 0.15) is 6.17 Å². The van der Waals surface area contributed by atoms with Gasteiger partial charge in [-0.2, -0.15) is 0 Å². The molecule has 1 aliphatic heterocycles. The normalized spacial score (nSPS) is 47.4. The number of hydrogen-bond donors (Lipinski definition) is 2. The van der Waals surface area contributed by atoms with Gasteiger partial charge in [0, 0.05) is 23.3 Å². The van der Waals surface area contributed by atoms with Gasteiger partial charge in [0.25, 0.3) is 0 Å². The monoisotopic (exact) mass is 523 g/mol. The van der Waals surface area contributed by atoms with Crippen LogP contribution in [0.2, 0.25) is 0 Å². The molecule has 3 N–H and O–H groups in total. The number of fused-ring (bicyclic) bond motifs is 7. The van der Waals surface area contributed by atoms with Gasteiger partial charge in [-0.3, -0.25) is 14.4 Å². The van der Waals surface area contributed by atoms with E-state index in [0.717, 1.165) is 6.08 Å². The first-order chi connectivity index (χ1) is 17.2. The molecule has 0 spiro atoms. The lowest BCUT2D eigenvalue weighted by atomic mass is 9.44. The Balaban J connectivity index is 1.57. The van der Waals surface area contributed by atoms with Gasteiger partial charge in [-0.1, -0.05) is 13.0 Å². The molecule has 9 atom stereocenters. The van der Waals surface area contributed by atoms with E-state index in [2.05, 4.69) is 0 Å². The summed E-state index contributed by atoms with van der Waals surface area (Å²) in [6.07, 6.45) is -0.514. The molecule has 0 bridgehead atoms. The number of ether oxygens (including phenoxy) is 3. The van der Waals surface area contributed by atoms with Crippen molar-refractivity contribution in [3.63, 3.8) is 0 Å². The fourth-order valence-electron chi connectivity index (χ4n) is 8.25. The van der Waals surface area contributed by atoms with Gasteiger partial charge >= 0.3 is 5.97 Å². The first kappa shape index (κ1) is 26.6. The lowest BCUT2D eigenvalue weighted by Crippen LogP contribution is -2.71. The summed E-state index contributed by atoms with van der Waals surface area (Å²) in [5, 5.41) is 11.5. The third kappa shape index (κ3) is 3.34. The second-order valence-electron chi connectivity index (χ2n) is 12.1. The Hall–Kier alpha value is -2.01. The number of aliphatic hydroxyl groups is 1. The molecule has 4 fully saturated rings. The molecule has 0 amide bonds. The molecule has 0 radical (unpaired) electrons. The van der Waals surface area contributed by atoms with E-state index in [1.54, 1.807) is 20.8 Å². The quantitative estimate of drug-likeness (QED) is 0.526. The number of allylic oxidation sites excluding steroid dienone is 4. The fraction of sp³-hybridized carbons (Fsp3) is 0.741. The van der Waals surface area contributed by atoms with E-state index < -0.39 is 82.2 Å². The van der Waals surface area contributed by atoms with E-state index in [4.69, 9.17) is 19.9 Å². The van der Waals surface area contributed by atoms with Crippen LogP contribution < -0.4 is 5.73 Å². The molecule has 204 valence electrons. The molecule has 37 heavy (non-hydrogen) atoms. The average Bonchev–Trinajstić information content (AvgIpc) is 3.22. The number of hydrogen-bond acceptors (Lipinski definition) is 8. The van der Waals surface area contributed by atoms with Gasteiger partial charge in [0.15, 0.2) is 29.4 Å². The SMILES string of the molecule is CC1(C)O[C@@H]2C[C@H]3[C@@H]4C[C@H](F)C5=CC(=O)C=C[C@]5(C)[C@@]4(F)[C@@H](O)C[C@]3(C)[C@]2(C(=O)COC(=O)CCN)O1. The lowest BCUT2D eigenvalue weighted by molar-refractivity contribution is -0.249. The molecule has 4 aliphatic carbocycles. The highest BCUT2D eigenvalue weighted by Gasteiger charge is 2.80. The summed E-state index contributed by atoms with van der Waals surface area (Å²) in [6, 6.07) is 0.